The van der Waals surface area contributed by atoms with Crippen LogP contribution in [0.2, 0.25) is 0 Å². The van der Waals surface area contributed by atoms with Crippen LogP contribution in [0, 0.1) is 0 Å². The zero-order valence-corrected chi connectivity index (χ0v) is 15.5. The Morgan fingerprint density at radius 3 is 1.64 bits per heavy atom. The van der Waals surface area contributed by atoms with Crippen molar-refractivity contribution in [2.45, 2.75) is 103 Å². The molecule has 0 radical (unpaired) electrons. The number of hydrogen-bond acceptors (Lipinski definition) is 2. The number of rotatable bonds is 14. The summed E-state index contributed by atoms with van der Waals surface area (Å²) in [6.45, 7) is 9.55. The average molecular weight is 311 g/mol. The summed E-state index contributed by atoms with van der Waals surface area (Å²) in [5.74, 6) is 0. The first-order chi connectivity index (χ1) is 10.9. The molecule has 1 atom stereocenters. The summed E-state index contributed by atoms with van der Waals surface area (Å²) >= 11 is 0. The molecule has 1 heterocycles. The van der Waals surface area contributed by atoms with Gasteiger partial charge >= 0.3 is 0 Å². The molecule has 0 aromatic heterocycles. The van der Waals surface area contributed by atoms with E-state index in [0.29, 0.717) is 0 Å². The first kappa shape index (κ1) is 20.0. The highest BCUT2D eigenvalue weighted by molar-refractivity contribution is 4.77. The van der Waals surface area contributed by atoms with E-state index in [4.69, 9.17) is 0 Å². The lowest BCUT2D eigenvalue weighted by Crippen LogP contribution is -2.48. The minimum absolute atomic E-state index is 0.870. The molecule has 0 aromatic carbocycles. The molecule has 1 rings (SSSR count). The molecule has 132 valence electrons. The van der Waals surface area contributed by atoms with E-state index in [9.17, 15) is 0 Å². The Balaban J connectivity index is 2.18. The van der Waals surface area contributed by atoms with Gasteiger partial charge in [-0.3, -0.25) is 4.90 Å². The number of nitrogens with one attached hydrogen (secondary N) is 1. The maximum Gasteiger partial charge on any atom is 0.0110 e. The number of piperazine rings is 1. The van der Waals surface area contributed by atoms with Crippen molar-refractivity contribution in [3.05, 3.63) is 0 Å². The van der Waals surface area contributed by atoms with Gasteiger partial charge in [-0.25, -0.2) is 0 Å². The van der Waals surface area contributed by atoms with Crippen molar-refractivity contribution in [1.82, 2.24) is 10.2 Å². The Kier molecular flexibility index (Phi) is 13.2. The highest BCUT2D eigenvalue weighted by Crippen LogP contribution is 2.19. The van der Waals surface area contributed by atoms with Gasteiger partial charge in [-0.15, -0.1) is 0 Å². The minimum Gasteiger partial charge on any atom is -0.314 e. The summed E-state index contributed by atoms with van der Waals surface area (Å²) in [5.41, 5.74) is 0. The van der Waals surface area contributed by atoms with Crippen LogP contribution in [0.25, 0.3) is 0 Å². The Hall–Kier alpha value is -0.0800. The number of nitrogens with zero attached hydrogens (tertiary/aromatic N) is 1. The molecule has 1 saturated heterocycles. The molecule has 0 spiro atoms. The molecular formula is C20H42N2. The van der Waals surface area contributed by atoms with Gasteiger partial charge in [0, 0.05) is 32.2 Å². The van der Waals surface area contributed by atoms with E-state index >= 15 is 0 Å². The second-order valence-corrected chi connectivity index (χ2v) is 7.20. The standard InChI is InChI=1S/C20H42N2/c1-3-5-7-9-11-13-15-20(14-12-10-8-6-4-2)22-18-16-21-17-19-22/h20-21H,3-19H2,1-2H3. The Morgan fingerprint density at radius 1 is 0.682 bits per heavy atom. The maximum atomic E-state index is 3.50. The van der Waals surface area contributed by atoms with Crippen LogP contribution in [0.4, 0.5) is 0 Å². The van der Waals surface area contributed by atoms with E-state index in [0.717, 1.165) is 6.04 Å². The van der Waals surface area contributed by atoms with Crippen LogP contribution in [0.5, 0.6) is 0 Å². The smallest absolute Gasteiger partial charge is 0.0110 e. The van der Waals surface area contributed by atoms with E-state index in [2.05, 4.69) is 24.1 Å². The normalized spacial score (nSPS) is 17.7. The second kappa shape index (κ2) is 14.5. The first-order valence-electron chi connectivity index (χ1n) is 10.3. The molecule has 0 bridgehead atoms. The fourth-order valence-corrected chi connectivity index (χ4v) is 3.70. The van der Waals surface area contributed by atoms with Crippen LogP contribution in [-0.2, 0) is 0 Å². The fraction of sp³-hybridized carbons (Fsp3) is 1.00. The predicted molar refractivity (Wildman–Crippen MR) is 99.6 cm³/mol. The van der Waals surface area contributed by atoms with Crippen LogP contribution >= 0.6 is 0 Å². The first-order valence-corrected chi connectivity index (χ1v) is 10.3. The Bertz CT molecular complexity index is 224. The fourth-order valence-electron chi connectivity index (χ4n) is 3.70. The summed E-state index contributed by atoms with van der Waals surface area (Å²) in [6, 6.07) is 0.870. The largest absolute Gasteiger partial charge is 0.314 e. The molecule has 1 N–H and O–H groups in total. The molecule has 1 aliphatic heterocycles. The topological polar surface area (TPSA) is 15.3 Å². The van der Waals surface area contributed by atoms with Crippen molar-refractivity contribution in [3.8, 4) is 0 Å². The average Bonchev–Trinajstić information content (AvgIpc) is 2.56. The lowest BCUT2D eigenvalue weighted by Gasteiger charge is -2.35. The molecule has 1 unspecified atom stereocenters. The Labute approximate surface area is 140 Å². The molecule has 0 aliphatic carbocycles. The SMILES string of the molecule is CCCCCCCCC(CCCCCCC)N1CCNCC1. The van der Waals surface area contributed by atoms with Gasteiger partial charge in [0.15, 0.2) is 0 Å². The molecule has 2 heteroatoms. The zero-order chi connectivity index (χ0) is 15.9. The van der Waals surface area contributed by atoms with Gasteiger partial charge < -0.3 is 5.32 Å². The highest BCUT2D eigenvalue weighted by Gasteiger charge is 2.19. The van der Waals surface area contributed by atoms with E-state index in [1.807, 2.05) is 0 Å². The molecule has 2 nitrogen and oxygen atoms in total. The van der Waals surface area contributed by atoms with Gasteiger partial charge in [0.1, 0.15) is 0 Å². The van der Waals surface area contributed by atoms with Crippen molar-refractivity contribution in [2.75, 3.05) is 26.2 Å². The molecule has 22 heavy (non-hydrogen) atoms. The summed E-state index contributed by atoms with van der Waals surface area (Å²) in [6.07, 6.45) is 18.6. The minimum atomic E-state index is 0.870. The summed E-state index contributed by atoms with van der Waals surface area (Å²) < 4.78 is 0. The van der Waals surface area contributed by atoms with Gasteiger partial charge in [-0.2, -0.15) is 0 Å². The van der Waals surface area contributed by atoms with Gasteiger partial charge in [0.25, 0.3) is 0 Å². The molecule has 1 aliphatic rings. The van der Waals surface area contributed by atoms with Crippen LogP contribution in [0.1, 0.15) is 97.3 Å². The van der Waals surface area contributed by atoms with Gasteiger partial charge in [-0.1, -0.05) is 84.5 Å². The van der Waals surface area contributed by atoms with Crippen molar-refractivity contribution in [3.63, 3.8) is 0 Å². The van der Waals surface area contributed by atoms with Gasteiger partial charge in [-0.05, 0) is 12.8 Å². The third kappa shape index (κ3) is 9.84. The van der Waals surface area contributed by atoms with Gasteiger partial charge in [0.05, 0.1) is 0 Å². The Morgan fingerprint density at radius 2 is 1.14 bits per heavy atom. The molecule has 0 amide bonds. The van der Waals surface area contributed by atoms with Crippen molar-refractivity contribution >= 4 is 0 Å². The van der Waals surface area contributed by atoms with Crippen molar-refractivity contribution in [1.29, 1.82) is 0 Å². The van der Waals surface area contributed by atoms with E-state index in [1.165, 1.54) is 110 Å². The molecule has 1 fully saturated rings. The second-order valence-electron chi connectivity index (χ2n) is 7.20. The zero-order valence-electron chi connectivity index (χ0n) is 15.5. The van der Waals surface area contributed by atoms with Crippen LogP contribution < -0.4 is 5.32 Å². The van der Waals surface area contributed by atoms with Crippen molar-refractivity contribution < 1.29 is 0 Å². The van der Waals surface area contributed by atoms with E-state index < -0.39 is 0 Å². The van der Waals surface area contributed by atoms with Crippen LogP contribution in [0.3, 0.4) is 0 Å². The predicted octanol–water partition coefficient (Wildman–Crippen LogP) is 5.37. The molecule has 0 aromatic rings. The monoisotopic (exact) mass is 310 g/mol. The van der Waals surface area contributed by atoms with Crippen molar-refractivity contribution in [2.24, 2.45) is 0 Å². The summed E-state index contributed by atoms with van der Waals surface area (Å²) in [4.78, 5) is 2.78. The highest BCUT2D eigenvalue weighted by atomic mass is 15.2. The van der Waals surface area contributed by atoms with E-state index in [1.54, 1.807) is 0 Å². The third-order valence-electron chi connectivity index (χ3n) is 5.20. The molecule has 0 saturated carbocycles. The number of hydrogen-bond donors (Lipinski definition) is 1. The van der Waals surface area contributed by atoms with Crippen LogP contribution in [-0.4, -0.2) is 37.1 Å². The number of unbranched alkanes of at least 4 members (excludes halogenated alkanes) is 9. The third-order valence-corrected chi connectivity index (χ3v) is 5.20. The summed E-state index contributed by atoms with van der Waals surface area (Å²) in [5, 5.41) is 3.50. The lowest BCUT2D eigenvalue weighted by atomic mass is 9.98. The lowest BCUT2D eigenvalue weighted by molar-refractivity contribution is 0.151. The quantitative estimate of drug-likeness (QED) is 0.434. The molecular weight excluding hydrogens is 268 g/mol. The summed E-state index contributed by atoms with van der Waals surface area (Å²) in [7, 11) is 0. The van der Waals surface area contributed by atoms with Gasteiger partial charge in [0.2, 0.25) is 0 Å². The maximum absolute atomic E-state index is 3.50. The van der Waals surface area contributed by atoms with E-state index in [-0.39, 0.29) is 0 Å². The van der Waals surface area contributed by atoms with Crippen LogP contribution in [0.15, 0.2) is 0 Å².